The molecule has 0 unspecified atom stereocenters. The van der Waals surface area contributed by atoms with E-state index in [1.807, 2.05) is 0 Å². The lowest BCUT2D eigenvalue weighted by atomic mass is 9.85. The highest BCUT2D eigenvalue weighted by Crippen LogP contribution is 2.27. The molecule has 2 rings (SSSR count). The highest BCUT2D eigenvalue weighted by atomic mass is 16.4. The van der Waals surface area contributed by atoms with Crippen molar-refractivity contribution >= 4 is 5.97 Å². The number of nitrogens with zero attached hydrogens (tertiary/aromatic N) is 1. The van der Waals surface area contributed by atoms with Crippen LogP contribution in [-0.2, 0) is 4.79 Å². The van der Waals surface area contributed by atoms with Crippen molar-refractivity contribution in [1.29, 1.82) is 0 Å². The van der Waals surface area contributed by atoms with E-state index in [0.29, 0.717) is 6.04 Å². The Morgan fingerprint density at radius 3 is 2.56 bits per heavy atom. The summed E-state index contributed by atoms with van der Waals surface area (Å²) in [6, 6.07) is 0.635. The Bertz CT molecular complexity index is 229. The average molecular weight is 226 g/mol. The van der Waals surface area contributed by atoms with Crippen LogP contribution in [-0.4, -0.2) is 48.2 Å². The quantitative estimate of drug-likeness (QED) is 0.735. The SMILES string of the molecule is O=C(O)C1CCC(N2CCCNCC2)CC1. The van der Waals surface area contributed by atoms with Gasteiger partial charge in [-0.2, -0.15) is 0 Å². The van der Waals surface area contributed by atoms with Gasteiger partial charge in [-0.25, -0.2) is 0 Å². The number of carboxylic acids is 1. The maximum Gasteiger partial charge on any atom is 0.306 e. The smallest absolute Gasteiger partial charge is 0.306 e. The van der Waals surface area contributed by atoms with Crippen LogP contribution in [0.5, 0.6) is 0 Å². The summed E-state index contributed by atoms with van der Waals surface area (Å²) < 4.78 is 0. The Morgan fingerprint density at radius 1 is 1.12 bits per heavy atom. The maximum absolute atomic E-state index is 10.9. The van der Waals surface area contributed by atoms with Crippen LogP contribution in [0.15, 0.2) is 0 Å². The molecule has 4 nitrogen and oxygen atoms in total. The van der Waals surface area contributed by atoms with Crippen molar-refractivity contribution in [3.05, 3.63) is 0 Å². The molecule has 2 N–H and O–H groups in total. The highest BCUT2D eigenvalue weighted by Gasteiger charge is 2.29. The fourth-order valence-corrected chi connectivity index (χ4v) is 2.92. The minimum Gasteiger partial charge on any atom is -0.481 e. The van der Waals surface area contributed by atoms with Gasteiger partial charge in [0.15, 0.2) is 0 Å². The van der Waals surface area contributed by atoms with Crippen LogP contribution in [0, 0.1) is 5.92 Å². The molecule has 1 aliphatic heterocycles. The van der Waals surface area contributed by atoms with Crippen molar-refractivity contribution in [3.8, 4) is 0 Å². The van der Waals surface area contributed by atoms with E-state index in [1.54, 1.807) is 0 Å². The topological polar surface area (TPSA) is 52.6 Å². The van der Waals surface area contributed by atoms with Gasteiger partial charge in [0, 0.05) is 19.1 Å². The third kappa shape index (κ3) is 2.95. The van der Waals surface area contributed by atoms with E-state index in [-0.39, 0.29) is 5.92 Å². The van der Waals surface area contributed by atoms with Gasteiger partial charge in [0.25, 0.3) is 0 Å². The molecule has 92 valence electrons. The Labute approximate surface area is 97.0 Å². The Balaban J connectivity index is 1.81. The molecule has 1 saturated carbocycles. The largest absolute Gasteiger partial charge is 0.481 e. The fraction of sp³-hybridized carbons (Fsp3) is 0.917. The van der Waals surface area contributed by atoms with Crippen molar-refractivity contribution in [2.75, 3.05) is 26.2 Å². The lowest BCUT2D eigenvalue weighted by Crippen LogP contribution is -2.41. The summed E-state index contributed by atoms with van der Waals surface area (Å²) in [6.45, 7) is 4.51. The van der Waals surface area contributed by atoms with E-state index >= 15 is 0 Å². The summed E-state index contributed by atoms with van der Waals surface area (Å²) in [5.74, 6) is -0.683. The van der Waals surface area contributed by atoms with E-state index in [0.717, 1.165) is 45.3 Å². The summed E-state index contributed by atoms with van der Waals surface area (Å²) >= 11 is 0. The lowest BCUT2D eigenvalue weighted by Gasteiger charge is -2.35. The van der Waals surface area contributed by atoms with Crippen LogP contribution in [0.25, 0.3) is 0 Å². The third-order valence-electron chi connectivity index (χ3n) is 3.94. The summed E-state index contributed by atoms with van der Waals surface area (Å²) in [4.78, 5) is 13.4. The predicted octanol–water partition coefficient (Wildman–Crippen LogP) is 0.925. The molecular weight excluding hydrogens is 204 g/mol. The molecule has 2 aliphatic rings. The average Bonchev–Trinajstić information content (AvgIpc) is 2.57. The molecule has 0 aromatic carbocycles. The highest BCUT2D eigenvalue weighted by molar-refractivity contribution is 5.70. The van der Waals surface area contributed by atoms with E-state index in [4.69, 9.17) is 5.11 Å². The molecule has 1 heterocycles. The number of rotatable bonds is 2. The van der Waals surface area contributed by atoms with Gasteiger partial charge in [0.05, 0.1) is 5.92 Å². The zero-order valence-corrected chi connectivity index (χ0v) is 9.82. The van der Waals surface area contributed by atoms with Crippen LogP contribution in [0.1, 0.15) is 32.1 Å². The second-order valence-corrected chi connectivity index (χ2v) is 4.98. The van der Waals surface area contributed by atoms with Crippen molar-refractivity contribution in [3.63, 3.8) is 0 Å². The molecule has 2 fully saturated rings. The lowest BCUT2D eigenvalue weighted by molar-refractivity contribution is -0.143. The van der Waals surface area contributed by atoms with Crippen LogP contribution in [0.2, 0.25) is 0 Å². The molecule has 1 saturated heterocycles. The Kier molecular flexibility index (Phi) is 4.18. The number of hydrogen-bond donors (Lipinski definition) is 2. The molecule has 0 atom stereocenters. The van der Waals surface area contributed by atoms with Gasteiger partial charge < -0.3 is 10.4 Å². The van der Waals surface area contributed by atoms with E-state index in [2.05, 4.69) is 10.2 Å². The Morgan fingerprint density at radius 2 is 1.88 bits per heavy atom. The first-order valence-corrected chi connectivity index (χ1v) is 6.45. The zero-order chi connectivity index (χ0) is 11.4. The standard InChI is InChI=1S/C12H22N2O2/c15-12(16)10-2-4-11(5-3-10)14-8-1-6-13-7-9-14/h10-11,13H,1-9H2,(H,15,16). The van der Waals surface area contributed by atoms with Gasteiger partial charge in [-0.3, -0.25) is 9.69 Å². The first-order valence-electron chi connectivity index (χ1n) is 6.45. The second kappa shape index (κ2) is 5.64. The first-order chi connectivity index (χ1) is 7.77. The summed E-state index contributed by atoms with van der Waals surface area (Å²) in [5, 5.41) is 12.4. The fourth-order valence-electron chi connectivity index (χ4n) is 2.92. The molecule has 1 aliphatic carbocycles. The predicted molar refractivity (Wildman–Crippen MR) is 62.4 cm³/mol. The summed E-state index contributed by atoms with van der Waals surface area (Å²) in [7, 11) is 0. The molecule has 0 aromatic rings. The number of aliphatic carboxylic acids is 1. The van der Waals surface area contributed by atoms with E-state index in [1.165, 1.54) is 13.0 Å². The van der Waals surface area contributed by atoms with E-state index in [9.17, 15) is 4.79 Å². The number of nitrogens with one attached hydrogen (secondary N) is 1. The summed E-state index contributed by atoms with van der Waals surface area (Å²) in [5.41, 5.74) is 0. The minimum absolute atomic E-state index is 0.0821. The molecular formula is C12H22N2O2. The van der Waals surface area contributed by atoms with Gasteiger partial charge >= 0.3 is 5.97 Å². The molecule has 0 aromatic heterocycles. The van der Waals surface area contributed by atoms with Crippen LogP contribution >= 0.6 is 0 Å². The van der Waals surface area contributed by atoms with Crippen molar-refractivity contribution in [1.82, 2.24) is 10.2 Å². The zero-order valence-electron chi connectivity index (χ0n) is 9.82. The first kappa shape index (κ1) is 11.9. The monoisotopic (exact) mass is 226 g/mol. The van der Waals surface area contributed by atoms with Crippen LogP contribution in [0.4, 0.5) is 0 Å². The van der Waals surface area contributed by atoms with E-state index < -0.39 is 5.97 Å². The minimum atomic E-state index is -0.601. The summed E-state index contributed by atoms with van der Waals surface area (Å²) in [6.07, 6.45) is 5.08. The van der Waals surface area contributed by atoms with Gasteiger partial charge in [-0.15, -0.1) is 0 Å². The molecule has 0 spiro atoms. The van der Waals surface area contributed by atoms with Gasteiger partial charge in [-0.05, 0) is 45.2 Å². The van der Waals surface area contributed by atoms with Crippen molar-refractivity contribution in [2.24, 2.45) is 5.92 Å². The van der Waals surface area contributed by atoms with Gasteiger partial charge in [-0.1, -0.05) is 0 Å². The maximum atomic E-state index is 10.9. The number of carboxylic acid groups (broad SMARTS) is 1. The Hall–Kier alpha value is -0.610. The molecule has 16 heavy (non-hydrogen) atoms. The van der Waals surface area contributed by atoms with Crippen LogP contribution in [0.3, 0.4) is 0 Å². The molecule has 0 amide bonds. The normalized spacial score (nSPS) is 33.2. The van der Waals surface area contributed by atoms with Crippen molar-refractivity contribution in [2.45, 2.75) is 38.1 Å². The van der Waals surface area contributed by atoms with Gasteiger partial charge in [0.2, 0.25) is 0 Å². The third-order valence-corrected chi connectivity index (χ3v) is 3.94. The number of carbonyl (C=O) groups is 1. The van der Waals surface area contributed by atoms with Crippen LogP contribution < -0.4 is 5.32 Å². The van der Waals surface area contributed by atoms with Gasteiger partial charge in [0.1, 0.15) is 0 Å². The molecule has 0 radical (unpaired) electrons. The molecule has 4 heteroatoms. The number of hydrogen-bond acceptors (Lipinski definition) is 3. The second-order valence-electron chi connectivity index (χ2n) is 4.98. The molecule has 0 bridgehead atoms. The van der Waals surface area contributed by atoms with Crippen molar-refractivity contribution < 1.29 is 9.90 Å².